The SMILES string of the molecule is CNc1cc(C)nc(COc2cccc(S(C)(=O)=O)c2)n1. The summed E-state index contributed by atoms with van der Waals surface area (Å²) in [6, 6.07) is 8.19. The van der Waals surface area contributed by atoms with Crippen LogP contribution in [-0.2, 0) is 16.4 Å². The monoisotopic (exact) mass is 307 g/mol. The number of aromatic nitrogens is 2. The summed E-state index contributed by atoms with van der Waals surface area (Å²) in [5, 5.41) is 2.95. The zero-order valence-corrected chi connectivity index (χ0v) is 12.9. The molecular weight excluding hydrogens is 290 g/mol. The van der Waals surface area contributed by atoms with Crippen LogP contribution in [0.5, 0.6) is 5.75 Å². The zero-order valence-electron chi connectivity index (χ0n) is 12.1. The van der Waals surface area contributed by atoms with E-state index in [4.69, 9.17) is 4.74 Å². The van der Waals surface area contributed by atoms with Gasteiger partial charge < -0.3 is 10.1 Å². The van der Waals surface area contributed by atoms with E-state index in [0.29, 0.717) is 17.4 Å². The molecular formula is C14H17N3O3S. The molecule has 7 heteroatoms. The van der Waals surface area contributed by atoms with E-state index in [9.17, 15) is 8.42 Å². The van der Waals surface area contributed by atoms with Crippen LogP contribution in [0.4, 0.5) is 5.82 Å². The fourth-order valence-electron chi connectivity index (χ4n) is 1.77. The van der Waals surface area contributed by atoms with E-state index in [-0.39, 0.29) is 11.5 Å². The van der Waals surface area contributed by atoms with Gasteiger partial charge in [0.2, 0.25) is 0 Å². The van der Waals surface area contributed by atoms with Gasteiger partial charge in [0.1, 0.15) is 18.2 Å². The Hall–Kier alpha value is -2.15. The summed E-state index contributed by atoms with van der Waals surface area (Å²) in [5.41, 5.74) is 0.831. The van der Waals surface area contributed by atoms with Crippen LogP contribution in [0, 0.1) is 6.92 Å². The number of anilines is 1. The minimum atomic E-state index is -3.25. The molecule has 112 valence electrons. The van der Waals surface area contributed by atoms with Crippen LogP contribution in [0.2, 0.25) is 0 Å². The van der Waals surface area contributed by atoms with Crippen molar-refractivity contribution in [1.82, 2.24) is 9.97 Å². The van der Waals surface area contributed by atoms with E-state index in [0.717, 1.165) is 11.9 Å². The van der Waals surface area contributed by atoms with Gasteiger partial charge in [0, 0.05) is 25.1 Å². The summed E-state index contributed by atoms with van der Waals surface area (Å²) >= 11 is 0. The van der Waals surface area contributed by atoms with E-state index < -0.39 is 9.84 Å². The van der Waals surface area contributed by atoms with Crippen molar-refractivity contribution < 1.29 is 13.2 Å². The largest absolute Gasteiger partial charge is 0.486 e. The molecule has 1 aromatic heterocycles. The molecule has 0 saturated carbocycles. The third kappa shape index (κ3) is 4.16. The number of benzene rings is 1. The molecule has 2 aromatic rings. The number of sulfone groups is 1. The molecule has 0 aliphatic carbocycles. The number of ether oxygens (including phenoxy) is 1. The van der Waals surface area contributed by atoms with Crippen LogP contribution in [0.1, 0.15) is 11.5 Å². The molecule has 0 unspecified atom stereocenters. The Kier molecular flexibility index (Phi) is 4.42. The molecule has 0 atom stereocenters. The fraction of sp³-hybridized carbons (Fsp3) is 0.286. The Morgan fingerprint density at radius 3 is 2.67 bits per heavy atom. The van der Waals surface area contributed by atoms with Gasteiger partial charge in [0.15, 0.2) is 15.7 Å². The molecule has 0 radical (unpaired) electrons. The molecule has 21 heavy (non-hydrogen) atoms. The summed E-state index contributed by atoms with van der Waals surface area (Å²) in [6.45, 7) is 2.04. The lowest BCUT2D eigenvalue weighted by atomic mass is 10.3. The fourth-order valence-corrected chi connectivity index (χ4v) is 2.42. The minimum absolute atomic E-state index is 0.170. The maximum absolute atomic E-state index is 11.5. The topological polar surface area (TPSA) is 81.2 Å². The highest BCUT2D eigenvalue weighted by Gasteiger charge is 2.08. The standard InChI is InChI=1S/C14H17N3O3S/c1-10-7-13(15-2)17-14(16-10)9-20-11-5-4-6-12(8-11)21(3,18)19/h4-8H,9H2,1-3H3,(H,15,16,17). The lowest BCUT2D eigenvalue weighted by Crippen LogP contribution is -2.06. The Morgan fingerprint density at radius 1 is 1.24 bits per heavy atom. The Balaban J connectivity index is 2.15. The molecule has 0 saturated heterocycles. The van der Waals surface area contributed by atoms with E-state index >= 15 is 0 Å². The summed E-state index contributed by atoms with van der Waals surface area (Å²) in [5.74, 6) is 1.71. The summed E-state index contributed by atoms with van der Waals surface area (Å²) < 4.78 is 28.6. The molecule has 0 amide bonds. The van der Waals surface area contributed by atoms with Gasteiger partial charge in [-0.3, -0.25) is 0 Å². The van der Waals surface area contributed by atoms with Crippen molar-refractivity contribution in [2.45, 2.75) is 18.4 Å². The molecule has 1 heterocycles. The Morgan fingerprint density at radius 2 is 2.00 bits per heavy atom. The van der Waals surface area contributed by atoms with Gasteiger partial charge in [-0.2, -0.15) is 0 Å². The van der Waals surface area contributed by atoms with Crippen LogP contribution in [0.15, 0.2) is 35.2 Å². The van der Waals surface area contributed by atoms with Gasteiger partial charge in [0.05, 0.1) is 4.90 Å². The molecule has 0 bridgehead atoms. The van der Waals surface area contributed by atoms with Crippen molar-refractivity contribution in [2.24, 2.45) is 0 Å². The smallest absolute Gasteiger partial charge is 0.175 e. The molecule has 2 rings (SSSR count). The number of rotatable bonds is 5. The third-order valence-electron chi connectivity index (χ3n) is 2.76. The Labute approximate surface area is 124 Å². The average molecular weight is 307 g/mol. The van der Waals surface area contributed by atoms with Crippen molar-refractivity contribution in [3.8, 4) is 5.75 Å². The molecule has 0 spiro atoms. The molecule has 1 aromatic carbocycles. The summed E-state index contributed by atoms with van der Waals surface area (Å²) in [6.07, 6.45) is 1.16. The van der Waals surface area contributed by atoms with Gasteiger partial charge in [-0.15, -0.1) is 0 Å². The first-order valence-corrected chi connectivity index (χ1v) is 8.23. The highest BCUT2D eigenvalue weighted by molar-refractivity contribution is 7.90. The maximum Gasteiger partial charge on any atom is 0.175 e. The first-order chi connectivity index (χ1) is 9.88. The van der Waals surface area contributed by atoms with Crippen LogP contribution >= 0.6 is 0 Å². The predicted molar refractivity (Wildman–Crippen MR) is 80.2 cm³/mol. The quantitative estimate of drug-likeness (QED) is 0.907. The summed E-state index contributed by atoms with van der Waals surface area (Å²) in [7, 11) is -1.47. The lowest BCUT2D eigenvalue weighted by Gasteiger charge is -2.08. The van der Waals surface area contributed by atoms with E-state index in [2.05, 4.69) is 15.3 Å². The van der Waals surface area contributed by atoms with Crippen molar-refractivity contribution >= 4 is 15.7 Å². The number of hydrogen-bond acceptors (Lipinski definition) is 6. The van der Waals surface area contributed by atoms with Crippen LogP contribution < -0.4 is 10.1 Å². The van der Waals surface area contributed by atoms with Crippen molar-refractivity contribution in [3.63, 3.8) is 0 Å². The van der Waals surface area contributed by atoms with Crippen LogP contribution in [0.3, 0.4) is 0 Å². The lowest BCUT2D eigenvalue weighted by molar-refractivity contribution is 0.295. The first kappa shape index (κ1) is 15.2. The second-order valence-electron chi connectivity index (χ2n) is 4.60. The molecule has 0 fully saturated rings. The third-order valence-corrected chi connectivity index (χ3v) is 3.87. The van der Waals surface area contributed by atoms with Gasteiger partial charge in [0.25, 0.3) is 0 Å². The van der Waals surface area contributed by atoms with Gasteiger partial charge >= 0.3 is 0 Å². The predicted octanol–water partition coefficient (Wildman–Crippen LogP) is 1.81. The molecule has 0 aliphatic heterocycles. The number of nitrogens with zero attached hydrogens (tertiary/aromatic N) is 2. The number of hydrogen-bond donors (Lipinski definition) is 1. The summed E-state index contributed by atoms with van der Waals surface area (Å²) in [4.78, 5) is 8.77. The normalized spacial score (nSPS) is 11.2. The maximum atomic E-state index is 11.5. The van der Waals surface area contributed by atoms with Gasteiger partial charge in [-0.05, 0) is 25.1 Å². The second-order valence-corrected chi connectivity index (χ2v) is 6.61. The van der Waals surface area contributed by atoms with Gasteiger partial charge in [-0.1, -0.05) is 6.07 Å². The van der Waals surface area contributed by atoms with Crippen LogP contribution in [-0.4, -0.2) is 31.7 Å². The Bertz CT molecular complexity index is 745. The highest BCUT2D eigenvalue weighted by Crippen LogP contribution is 2.18. The van der Waals surface area contributed by atoms with Crippen molar-refractivity contribution in [1.29, 1.82) is 0 Å². The zero-order chi connectivity index (χ0) is 15.5. The first-order valence-electron chi connectivity index (χ1n) is 6.34. The number of nitrogens with one attached hydrogen (secondary N) is 1. The number of aryl methyl sites for hydroxylation is 1. The average Bonchev–Trinajstić information content (AvgIpc) is 2.44. The minimum Gasteiger partial charge on any atom is -0.486 e. The van der Waals surface area contributed by atoms with E-state index in [1.165, 1.54) is 12.1 Å². The van der Waals surface area contributed by atoms with Crippen LogP contribution in [0.25, 0.3) is 0 Å². The highest BCUT2D eigenvalue weighted by atomic mass is 32.2. The second kappa shape index (κ2) is 6.09. The van der Waals surface area contributed by atoms with Crippen molar-refractivity contribution in [3.05, 3.63) is 41.9 Å². The van der Waals surface area contributed by atoms with Crippen molar-refractivity contribution in [2.75, 3.05) is 18.6 Å². The molecule has 0 aliphatic rings. The molecule has 1 N–H and O–H groups in total. The van der Waals surface area contributed by atoms with E-state index in [1.54, 1.807) is 19.2 Å². The molecule has 6 nitrogen and oxygen atoms in total. The van der Waals surface area contributed by atoms with E-state index in [1.807, 2.05) is 13.0 Å². The van der Waals surface area contributed by atoms with Gasteiger partial charge in [-0.25, -0.2) is 18.4 Å².